The molecule has 0 bridgehead atoms. The topological polar surface area (TPSA) is 131 Å². The van der Waals surface area contributed by atoms with Gasteiger partial charge in [0.05, 0.1) is 33.0 Å². The van der Waals surface area contributed by atoms with Crippen LogP contribution in [-0.4, -0.2) is 26.1 Å². The summed E-state index contributed by atoms with van der Waals surface area (Å²) in [5, 5.41) is 24.5. The van der Waals surface area contributed by atoms with Crippen LogP contribution in [0.3, 0.4) is 0 Å². The third kappa shape index (κ3) is 5.28. The zero-order valence-electron chi connectivity index (χ0n) is 21.0. The number of aryl methyl sites for hydroxylation is 2. The van der Waals surface area contributed by atoms with Crippen molar-refractivity contribution < 1.29 is 9.72 Å². The molecule has 0 saturated carbocycles. The first-order valence-corrected chi connectivity index (χ1v) is 14.3. The van der Waals surface area contributed by atoms with Gasteiger partial charge >= 0.3 is 0 Å². The van der Waals surface area contributed by atoms with E-state index in [4.69, 9.17) is 16.6 Å². The highest BCUT2D eigenvalue weighted by atomic mass is 35.5. The maximum Gasteiger partial charge on any atom is 0.270 e. The van der Waals surface area contributed by atoms with Gasteiger partial charge in [0, 0.05) is 22.0 Å². The van der Waals surface area contributed by atoms with E-state index >= 15 is 0 Å². The number of non-ortho nitro benzene ring substituents is 1. The molecule has 4 aromatic rings. The lowest BCUT2D eigenvalue weighted by molar-refractivity contribution is -0.384. The molecule has 2 heterocycles. The molecule has 12 heteroatoms. The van der Waals surface area contributed by atoms with Crippen LogP contribution in [0.4, 0.5) is 11.4 Å². The van der Waals surface area contributed by atoms with Crippen molar-refractivity contribution in [3.05, 3.63) is 83.5 Å². The van der Waals surface area contributed by atoms with Gasteiger partial charge in [-0.25, -0.2) is 4.98 Å². The van der Waals surface area contributed by atoms with Crippen molar-refractivity contribution >= 4 is 62.2 Å². The standard InChI is InChI=1S/C27H22ClN5O4S2/c1-14-3-7-19-22(9-14)39-25-24(19)26(35)32(17-5-4-15(2)20(28)11-17)27(31-25)38-13-23(34)30-21-8-6-18(33(36)37)10-16(21)12-29/h4-6,8,10-11,14H,3,7,9,13H2,1-2H3,(H,30,34)/t14-/m1/s1. The van der Waals surface area contributed by atoms with E-state index in [0.717, 1.165) is 48.2 Å². The van der Waals surface area contributed by atoms with Gasteiger partial charge in [-0.15, -0.1) is 11.3 Å². The number of hydrogen-bond donors (Lipinski definition) is 1. The summed E-state index contributed by atoms with van der Waals surface area (Å²) in [6, 6.07) is 10.9. The maximum atomic E-state index is 13.9. The molecular weight excluding hydrogens is 558 g/mol. The number of thiophene rings is 1. The Labute approximate surface area is 236 Å². The van der Waals surface area contributed by atoms with Gasteiger partial charge in [0.1, 0.15) is 10.9 Å². The summed E-state index contributed by atoms with van der Waals surface area (Å²) in [7, 11) is 0. The fraction of sp³-hybridized carbons (Fsp3) is 0.259. The van der Waals surface area contributed by atoms with E-state index in [1.807, 2.05) is 19.1 Å². The quantitative estimate of drug-likeness (QED) is 0.127. The Morgan fingerprint density at radius 1 is 1.36 bits per heavy atom. The summed E-state index contributed by atoms with van der Waals surface area (Å²) in [6.07, 6.45) is 2.75. The number of nitriles is 1. The summed E-state index contributed by atoms with van der Waals surface area (Å²) >= 11 is 9.02. The van der Waals surface area contributed by atoms with Crippen LogP contribution < -0.4 is 10.9 Å². The molecule has 39 heavy (non-hydrogen) atoms. The molecule has 1 N–H and O–H groups in total. The van der Waals surface area contributed by atoms with Gasteiger partial charge < -0.3 is 5.32 Å². The zero-order chi connectivity index (χ0) is 27.8. The number of amides is 1. The average molecular weight is 580 g/mol. The molecule has 0 fully saturated rings. The number of rotatable bonds is 6. The van der Waals surface area contributed by atoms with Gasteiger partial charge in [0.15, 0.2) is 5.16 Å². The predicted molar refractivity (Wildman–Crippen MR) is 153 cm³/mol. The van der Waals surface area contributed by atoms with Crippen LogP contribution >= 0.6 is 34.7 Å². The molecule has 198 valence electrons. The second-order valence-electron chi connectivity index (χ2n) is 9.44. The van der Waals surface area contributed by atoms with E-state index < -0.39 is 10.8 Å². The van der Waals surface area contributed by atoms with Gasteiger partial charge in [-0.05, 0) is 61.4 Å². The molecule has 2 aromatic heterocycles. The Morgan fingerprint density at radius 2 is 2.15 bits per heavy atom. The van der Waals surface area contributed by atoms with E-state index in [9.17, 15) is 25.0 Å². The van der Waals surface area contributed by atoms with Gasteiger partial charge in [-0.2, -0.15) is 5.26 Å². The first-order chi connectivity index (χ1) is 18.7. The number of benzene rings is 2. The second-order valence-corrected chi connectivity index (χ2v) is 11.9. The summed E-state index contributed by atoms with van der Waals surface area (Å²) in [4.78, 5) is 43.9. The van der Waals surface area contributed by atoms with Gasteiger partial charge in [-0.3, -0.25) is 24.3 Å². The zero-order valence-corrected chi connectivity index (χ0v) is 23.4. The van der Waals surface area contributed by atoms with Crippen LogP contribution in [0.5, 0.6) is 0 Å². The molecule has 0 radical (unpaired) electrons. The Balaban J connectivity index is 1.51. The van der Waals surface area contributed by atoms with Crippen LogP contribution in [0, 0.1) is 34.3 Å². The number of nitro groups is 1. The fourth-order valence-electron chi connectivity index (χ4n) is 4.58. The average Bonchev–Trinajstić information content (AvgIpc) is 3.27. The number of halogens is 1. The number of hydrogen-bond acceptors (Lipinski definition) is 8. The Kier molecular flexibility index (Phi) is 7.44. The summed E-state index contributed by atoms with van der Waals surface area (Å²) in [5.74, 6) is -0.0203. The summed E-state index contributed by atoms with van der Waals surface area (Å²) in [6.45, 7) is 4.08. The number of carbonyl (C=O) groups excluding carboxylic acids is 1. The first-order valence-electron chi connectivity index (χ1n) is 12.1. The highest BCUT2D eigenvalue weighted by Gasteiger charge is 2.25. The van der Waals surface area contributed by atoms with Crippen LogP contribution in [0.15, 0.2) is 46.3 Å². The normalized spacial score (nSPS) is 14.6. The third-order valence-electron chi connectivity index (χ3n) is 6.65. The molecule has 1 aliphatic rings. The van der Waals surface area contributed by atoms with Crippen molar-refractivity contribution in [3.8, 4) is 11.8 Å². The van der Waals surface area contributed by atoms with E-state index in [1.165, 1.54) is 32.9 Å². The predicted octanol–water partition coefficient (Wildman–Crippen LogP) is 6.04. The number of carbonyl (C=O) groups is 1. The Morgan fingerprint density at radius 3 is 2.87 bits per heavy atom. The molecular formula is C27H22ClN5O4S2. The molecule has 5 rings (SSSR count). The molecule has 2 aromatic carbocycles. The van der Waals surface area contributed by atoms with E-state index in [1.54, 1.807) is 12.1 Å². The third-order valence-corrected chi connectivity index (χ3v) is 9.15. The lowest BCUT2D eigenvalue weighted by Crippen LogP contribution is -2.23. The number of nitrogens with one attached hydrogen (secondary N) is 1. The van der Waals surface area contributed by atoms with E-state index in [2.05, 4.69) is 12.2 Å². The highest BCUT2D eigenvalue weighted by Crippen LogP contribution is 2.37. The van der Waals surface area contributed by atoms with Gasteiger partial charge in [0.25, 0.3) is 11.2 Å². The lowest BCUT2D eigenvalue weighted by atomic mass is 9.89. The van der Waals surface area contributed by atoms with Crippen molar-refractivity contribution in [2.24, 2.45) is 5.92 Å². The number of aromatic nitrogens is 2. The lowest BCUT2D eigenvalue weighted by Gasteiger charge is -2.18. The van der Waals surface area contributed by atoms with Crippen LogP contribution in [0.25, 0.3) is 15.9 Å². The molecule has 1 atom stereocenters. The fourth-order valence-corrected chi connectivity index (χ4v) is 6.99. The van der Waals surface area contributed by atoms with Crippen molar-refractivity contribution in [2.45, 2.75) is 38.3 Å². The number of nitro benzene ring substituents is 1. The highest BCUT2D eigenvalue weighted by molar-refractivity contribution is 7.99. The van der Waals surface area contributed by atoms with Crippen molar-refractivity contribution in [1.29, 1.82) is 5.26 Å². The number of thioether (sulfide) groups is 1. The van der Waals surface area contributed by atoms with Crippen molar-refractivity contribution in [1.82, 2.24) is 9.55 Å². The molecule has 0 unspecified atom stereocenters. The molecule has 0 spiro atoms. The minimum atomic E-state index is -0.607. The van der Waals surface area contributed by atoms with Crippen LogP contribution in [0.1, 0.15) is 34.9 Å². The first kappa shape index (κ1) is 26.9. The van der Waals surface area contributed by atoms with Crippen LogP contribution in [-0.2, 0) is 17.6 Å². The minimum absolute atomic E-state index is 0.0216. The molecule has 9 nitrogen and oxygen atoms in total. The van der Waals surface area contributed by atoms with Crippen LogP contribution in [0.2, 0.25) is 5.02 Å². The number of fused-ring (bicyclic) bond motifs is 3. The SMILES string of the molecule is Cc1ccc(-n2c(SCC(=O)Nc3ccc([N+](=O)[O-])cc3C#N)nc3sc4c(c3c2=O)CC[C@@H](C)C4)cc1Cl. The number of nitrogens with zero attached hydrogens (tertiary/aromatic N) is 4. The number of anilines is 1. The van der Waals surface area contributed by atoms with Crippen molar-refractivity contribution in [3.63, 3.8) is 0 Å². The largest absolute Gasteiger partial charge is 0.324 e. The maximum absolute atomic E-state index is 13.9. The van der Waals surface area contributed by atoms with E-state index in [0.29, 0.717) is 32.0 Å². The summed E-state index contributed by atoms with van der Waals surface area (Å²) in [5.41, 5.74) is 2.19. The monoisotopic (exact) mass is 579 g/mol. The van der Waals surface area contributed by atoms with Gasteiger partial charge in [-0.1, -0.05) is 36.4 Å². The summed E-state index contributed by atoms with van der Waals surface area (Å²) < 4.78 is 1.50. The molecule has 0 saturated heterocycles. The van der Waals surface area contributed by atoms with Gasteiger partial charge in [0.2, 0.25) is 5.91 Å². The minimum Gasteiger partial charge on any atom is -0.324 e. The Hall–Kier alpha value is -3.72. The molecule has 1 aliphatic carbocycles. The second kappa shape index (κ2) is 10.8. The van der Waals surface area contributed by atoms with E-state index in [-0.39, 0.29) is 28.3 Å². The molecule has 0 aliphatic heterocycles. The Bertz CT molecular complexity index is 1760. The van der Waals surface area contributed by atoms with Crippen molar-refractivity contribution in [2.75, 3.05) is 11.1 Å². The smallest absolute Gasteiger partial charge is 0.270 e. The molecule has 1 amide bonds.